The van der Waals surface area contributed by atoms with Crippen LogP contribution in [0.25, 0.3) is 0 Å². The van der Waals surface area contributed by atoms with Gasteiger partial charge in [-0.15, -0.1) is 0 Å². The van der Waals surface area contributed by atoms with E-state index in [0.29, 0.717) is 29.0 Å². The first-order valence-corrected chi connectivity index (χ1v) is 8.13. The predicted molar refractivity (Wildman–Crippen MR) is 98.1 cm³/mol. The van der Waals surface area contributed by atoms with Crippen molar-refractivity contribution in [3.63, 3.8) is 0 Å². The van der Waals surface area contributed by atoms with Crippen LogP contribution in [-0.2, 0) is 4.79 Å². The largest absolute Gasteiger partial charge is 0.484 e. The Balaban J connectivity index is 1.82. The van der Waals surface area contributed by atoms with Gasteiger partial charge in [0, 0.05) is 6.54 Å². The highest BCUT2D eigenvalue weighted by Crippen LogP contribution is 2.21. The summed E-state index contributed by atoms with van der Waals surface area (Å²) in [5, 5.41) is 3.17. The van der Waals surface area contributed by atoms with E-state index in [4.69, 9.17) is 10.5 Å². The lowest BCUT2D eigenvalue weighted by molar-refractivity contribution is -0.122. The van der Waals surface area contributed by atoms with Gasteiger partial charge in [-0.3, -0.25) is 15.6 Å². The minimum absolute atomic E-state index is 0.124. The molecule has 0 fully saturated rings. The van der Waals surface area contributed by atoms with Gasteiger partial charge in [0.15, 0.2) is 18.2 Å². The van der Waals surface area contributed by atoms with Gasteiger partial charge in [-0.05, 0) is 24.5 Å². The Morgan fingerprint density at radius 1 is 1.20 bits per heavy atom. The summed E-state index contributed by atoms with van der Waals surface area (Å²) >= 11 is 0. The molecule has 0 atom stereocenters. The van der Waals surface area contributed by atoms with Crippen LogP contribution in [0.15, 0.2) is 36.7 Å². The van der Waals surface area contributed by atoms with Crippen molar-refractivity contribution < 1.29 is 9.53 Å². The monoisotopic (exact) mass is 344 g/mol. The first kappa shape index (κ1) is 18.3. The van der Waals surface area contributed by atoms with Gasteiger partial charge in [0.1, 0.15) is 17.8 Å². The third kappa shape index (κ3) is 6.17. The number of anilines is 3. The summed E-state index contributed by atoms with van der Waals surface area (Å²) < 4.78 is 5.36. The van der Waals surface area contributed by atoms with Gasteiger partial charge < -0.3 is 15.8 Å². The molecule has 0 saturated carbocycles. The first-order valence-electron chi connectivity index (χ1n) is 8.13. The Morgan fingerprint density at radius 3 is 2.64 bits per heavy atom. The van der Waals surface area contributed by atoms with Gasteiger partial charge in [-0.1, -0.05) is 32.0 Å². The molecule has 0 bridgehead atoms. The van der Waals surface area contributed by atoms with Crippen molar-refractivity contribution in [3.05, 3.63) is 36.7 Å². The molecule has 5 N–H and O–H groups in total. The molecule has 0 aliphatic carbocycles. The lowest BCUT2D eigenvalue weighted by atomic mass is 10.1. The van der Waals surface area contributed by atoms with Crippen molar-refractivity contribution in [3.8, 4) is 5.75 Å². The standard InChI is InChI=1S/C17H24N6O2/c1-12(2)8-9-19-16-15(18)17(21-11-20-16)23-22-14(24)10-25-13-6-4-3-5-7-13/h3-7,11-12H,8-10,18H2,1-2H3,(H,22,24)(H2,19,20,21,23). The van der Waals surface area contributed by atoms with Gasteiger partial charge in [0.05, 0.1) is 0 Å². The van der Waals surface area contributed by atoms with Gasteiger partial charge in [-0.25, -0.2) is 9.97 Å². The normalized spacial score (nSPS) is 10.4. The summed E-state index contributed by atoms with van der Waals surface area (Å²) in [6, 6.07) is 9.09. The number of nitrogens with one attached hydrogen (secondary N) is 3. The molecule has 1 aromatic carbocycles. The Labute approximate surface area is 147 Å². The predicted octanol–water partition coefficient (Wildman–Crippen LogP) is 2.04. The zero-order chi connectivity index (χ0) is 18.1. The molecule has 134 valence electrons. The molecule has 0 saturated heterocycles. The van der Waals surface area contributed by atoms with E-state index in [1.807, 2.05) is 18.2 Å². The third-order valence-corrected chi connectivity index (χ3v) is 3.33. The van der Waals surface area contributed by atoms with E-state index >= 15 is 0 Å². The number of carbonyl (C=O) groups is 1. The van der Waals surface area contributed by atoms with Crippen molar-refractivity contribution >= 4 is 23.2 Å². The highest BCUT2D eigenvalue weighted by molar-refractivity contribution is 5.81. The maximum atomic E-state index is 11.8. The van der Waals surface area contributed by atoms with Gasteiger partial charge >= 0.3 is 0 Å². The zero-order valence-electron chi connectivity index (χ0n) is 14.5. The van der Waals surface area contributed by atoms with Crippen molar-refractivity contribution in [1.82, 2.24) is 15.4 Å². The average Bonchev–Trinajstić information content (AvgIpc) is 2.61. The Hall–Kier alpha value is -3.03. The smallest absolute Gasteiger partial charge is 0.276 e. The van der Waals surface area contributed by atoms with Crippen molar-refractivity contribution in [1.29, 1.82) is 0 Å². The van der Waals surface area contributed by atoms with Gasteiger partial charge in [-0.2, -0.15) is 0 Å². The second-order valence-corrected chi connectivity index (χ2v) is 5.87. The first-order chi connectivity index (χ1) is 12.1. The number of nitrogen functional groups attached to an aromatic ring is 1. The maximum absolute atomic E-state index is 11.8. The summed E-state index contributed by atoms with van der Waals surface area (Å²) in [5.74, 6) is 1.71. The SMILES string of the molecule is CC(C)CCNc1ncnc(NNC(=O)COc2ccccc2)c1N. The van der Waals surface area contributed by atoms with Crippen LogP contribution in [0.5, 0.6) is 5.75 Å². The molecule has 8 nitrogen and oxygen atoms in total. The number of aromatic nitrogens is 2. The molecule has 0 unspecified atom stereocenters. The summed E-state index contributed by atoms with van der Waals surface area (Å²) in [7, 11) is 0. The number of amides is 1. The van der Waals surface area contributed by atoms with Crippen LogP contribution in [0.4, 0.5) is 17.3 Å². The maximum Gasteiger partial charge on any atom is 0.276 e. The van der Waals surface area contributed by atoms with Crippen LogP contribution in [-0.4, -0.2) is 29.0 Å². The average molecular weight is 344 g/mol. The molecular weight excluding hydrogens is 320 g/mol. The number of rotatable bonds is 9. The third-order valence-electron chi connectivity index (χ3n) is 3.33. The Bertz CT molecular complexity index is 678. The molecule has 2 rings (SSSR count). The second-order valence-electron chi connectivity index (χ2n) is 5.87. The fourth-order valence-corrected chi connectivity index (χ4v) is 1.95. The number of hydrogen-bond donors (Lipinski definition) is 4. The summed E-state index contributed by atoms with van der Waals surface area (Å²) in [6.45, 7) is 4.92. The van der Waals surface area contributed by atoms with E-state index in [2.05, 4.69) is 40.0 Å². The lowest BCUT2D eigenvalue weighted by Crippen LogP contribution is -2.34. The van der Waals surface area contributed by atoms with E-state index < -0.39 is 0 Å². The molecule has 25 heavy (non-hydrogen) atoms. The molecule has 0 radical (unpaired) electrons. The van der Waals surface area contributed by atoms with Crippen molar-refractivity contribution in [2.45, 2.75) is 20.3 Å². The Morgan fingerprint density at radius 2 is 1.92 bits per heavy atom. The number of benzene rings is 1. The topological polar surface area (TPSA) is 114 Å². The number of carbonyl (C=O) groups excluding carboxylic acids is 1. The van der Waals surface area contributed by atoms with Crippen molar-refractivity contribution in [2.75, 3.05) is 29.6 Å². The minimum Gasteiger partial charge on any atom is -0.484 e. The molecule has 1 amide bonds. The molecule has 8 heteroatoms. The number of hydrazine groups is 1. The van der Waals surface area contributed by atoms with Crippen LogP contribution in [0.2, 0.25) is 0 Å². The highest BCUT2D eigenvalue weighted by atomic mass is 16.5. The Kier molecular flexibility index (Phi) is 6.82. The van der Waals surface area contributed by atoms with Crippen molar-refractivity contribution in [2.24, 2.45) is 5.92 Å². The number of hydrogen-bond acceptors (Lipinski definition) is 7. The van der Waals surface area contributed by atoms with E-state index in [-0.39, 0.29) is 12.5 Å². The highest BCUT2D eigenvalue weighted by Gasteiger charge is 2.09. The molecule has 2 aromatic rings. The van der Waals surface area contributed by atoms with E-state index in [0.717, 1.165) is 13.0 Å². The minimum atomic E-state index is -0.351. The zero-order valence-corrected chi connectivity index (χ0v) is 14.5. The number of nitrogens with zero attached hydrogens (tertiary/aromatic N) is 2. The van der Waals surface area contributed by atoms with E-state index in [9.17, 15) is 4.79 Å². The summed E-state index contributed by atoms with van der Waals surface area (Å²) in [4.78, 5) is 20.0. The molecule has 1 heterocycles. The summed E-state index contributed by atoms with van der Waals surface area (Å²) in [6.07, 6.45) is 2.38. The van der Waals surface area contributed by atoms with E-state index in [1.165, 1.54) is 6.33 Å². The van der Waals surface area contributed by atoms with Crippen LogP contribution in [0.1, 0.15) is 20.3 Å². The number of nitrogens with two attached hydrogens (primary N) is 1. The second kappa shape index (κ2) is 9.31. The molecule has 1 aromatic heterocycles. The fraction of sp³-hybridized carbons (Fsp3) is 0.353. The molecular formula is C17H24N6O2. The van der Waals surface area contributed by atoms with Gasteiger partial charge in [0.25, 0.3) is 5.91 Å². The summed E-state index contributed by atoms with van der Waals surface area (Å²) in [5.41, 5.74) is 11.6. The van der Waals surface area contributed by atoms with Crippen LogP contribution >= 0.6 is 0 Å². The molecule has 0 aliphatic rings. The van der Waals surface area contributed by atoms with E-state index in [1.54, 1.807) is 12.1 Å². The number of para-hydroxylation sites is 1. The van der Waals surface area contributed by atoms with Crippen LogP contribution in [0, 0.1) is 5.92 Å². The van der Waals surface area contributed by atoms with Crippen LogP contribution in [0.3, 0.4) is 0 Å². The number of ether oxygens (including phenoxy) is 1. The lowest BCUT2D eigenvalue weighted by Gasteiger charge is -2.14. The van der Waals surface area contributed by atoms with Gasteiger partial charge in [0.2, 0.25) is 0 Å². The fourth-order valence-electron chi connectivity index (χ4n) is 1.95. The van der Waals surface area contributed by atoms with Crippen LogP contribution < -0.4 is 26.6 Å². The molecule has 0 aliphatic heterocycles. The molecule has 0 spiro atoms. The quantitative estimate of drug-likeness (QED) is 0.515.